The summed E-state index contributed by atoms with van der Waals surface area (Å²) in [6, 6.07) is 2.29. The predicted octanol–water partition coefficient (Wildman–Crippen LogP) is 2.02. The number of nitrogens with one attached hydrogen (secondary N) is 2. The molecule has 0 bridgehead atoms. The Bertz CT molecular complexity index is 408. The monoisotopic (exact) mass is 258 g/mol. The number of ether oxygens (including phenoxy) is 1. The average Bonchev–Trinajstić information content (AvgIpc) is 2.31. The molecule has 0 aliphatic carbocycles. The average molecular weight is 258 g/mol. The summed E-state index contributed by atoms with van der Waals surface area (Å²) >= 11 is 0. The van der Waals surface area contributed by atoms with Crippen LogP contribution in [0, 0.1) is 11.6 Å². The van der Waals surface area contributed by atoms with E-state index in [2.05, 4.69) is 10.6 Å². The molecule has 1 rings (SSSR count). The van der Waals surface area contributed by atoms with E-state index < -0.39 is 17.0 Å². The fourth-order valence-corrected chi connectivity index (χ4v) is 1.80. The molecule has 2 N–H and O–H groups in total. The van der Waals surface area contributed by atoms with Crippen LogP contribution in [0.25, 0.3) is 0 Å². The zero-order valence-electron chi connectivity index (χ0n) is 11.2. The smallest absolute Gasteiger partial charge is 0.165 e. The third-order valence-electron chi connectivity index (χ3n) is 2.84. The van der Waals surface area contributed by atoms with Gasteiger partial charge in [-0.2, -0.15) is 0 Å². The fourth-order valence-electron chi connectivity index (χ4n) is 1.80. The quantitative estimate of drug-likeness (QED) is 0.605. The predicted molar refractivity (Wildman–Crippen MR) is 67.9 cm³/mol. The third kappa shape index (κ3) is 3.40. The molecule has 0 fully saturated rings. The Balaban J connectivity index is 2.97. The molecule has 18 heavy (non-hydrogen) atoms. The van der Waals surface area contributed by atoms with Gasteiger partial charge in [0.15, 0.2) is 11.6 Å². The van der Waals surface area contributed by atoms with Crippen LogP contribution in [-0.4, -0.2) is 27.4 Å². The molecule has 0 unspecified atom stereocenters. The highest BCUT2D eigenvalue weighted by Crippen LogP contribution is 2.30. The lowest BCUT2D eigenvalue weighted by atomic mass is 9.84. The van der Waals surface area contributed by atoms with E-state index in [-0.39, 0.29) is 5.75 Å². The Morgan fingerprint density at radius 2 is 1.89 bits per heavy atom. The van der Waals surface area contributed by atoms with E-state index >= 15 is 0 Å². The first-order chi connectivity index (χ1) is 8.42. The van der Waals surface area contributed by atoms with Gasteiger partial charge in [-0.3, -0.25) is 0 Å². The number of methoxy groups -OCH3 is 1. The van der Waals surface area contributed by atoms with E-state index in [0.717, 1.165) is 6.07 Å². The Morgan fingerprint density at radius 1 is 1.22 bits per heavy atom. The zero-order valence-corrected chi connectivity index (χ0v) is 11.2. The van der Waals surface area contributed by atoms with E-state index in [0.29, 0.717) is 18.8 Å². The second kappa shape index (κ2) is 6.11. The number of halogens is 2. The SMILES string of the molecule is CNCNCC(C)(C)c1cc(F)c(OC)cc1F. The van der Waals surface area contributed by atoms with Crippen LogP contribution < -0.4 is 15.4 Å². The minimum Gasteiger partial charge on any atom is -0.494 e. The third-order valence-corrected chi connectivity index (χ3v) is 2.84. The van der Waals surface area contributed by atoms with E-state index in [1.807, 2.05) is 20.9 Å². The summed E-state index contributed by atoms with van der Waals surface area (Å²) in [5.74, 6) is -1.07. The molecule has 0 radical (unpaired) electrons. The Kier molecular flexibility index (Phi) is 5.04. The molecule has 0 aliphatic rings. The van der Waals surface area contributed by atoms with Gasteiger partial charge in [-0.15, -0.1) is 0 Å². The topological polar surface area (TPSA) is 33.3 Å². The summed E-state index contributed by atoms with van der Waals surface area (Å²) in [6.45, 7) is 4.88. The van der Waals surface area contributed by atoms with Crippen LogP contribution in [0.3, 0.4) is 0 Å². The Labute approximate surface area is 107 Å². The van der Waals surface area contributed by atoms with Crippen molar-refractivity contribution in [1.29, 1.82) is 0 Å². The molecule has 102 valence electrons. The summed E-state index contributed by atoms with van der Waals surface area (Å²) in [5.41, 5.74) is -0.168. The highest BCUT2D eigenvalue weighted by atomic mass is 19.1. The normalized spacial score (nSPS) is 11.7. The van der Waals surface area contributed by atoms with Gasteiger partial charge in [0.05, 0.1) is 7.11 Å². The summed E-state index contributed by atoms with van der Waals surface area (Å²) in [5, 5.41) is 6.05. The van der Waals surface area contributed by atoms with E-state index in [1.54, 1.807) is 0 Å². The standard InChI is InChI=1S/C13H20F2N2O/c1-13(2,7-17-8-16-3)9-5-11(15)12(18-4)6-10(9)14/h5-6,16-17H,7-8H2,1-4H3. The highest BCUT2D eigenvalue weighted by molar-refractivity contribution is 5.35. The van der Waals surface area contributed by atoms with Crippen molar-refractivity contribution in [2.24, 2.45) is 0 Å². The van der Waals surface area contributed by atoms with Gasteiger partial charge in [0.2, 0.25) is 0 Å². The van der Waals surface area contributed by atoms with Crippen molar-refractivity contribution in [3.8, 4) is 5.75 Å². The van der Waals surface area contributed by atoms with Crippen LogP contribution >= 0.6 is 0 Å². The van der Waals surface area contributed by atoms with Gasteiger partial charge in [0.25, 0.3) is 0 Å². The van der Waals surface area contributed by atoms with Crippen LogP contribution in [0.4, 0.5) is 8.78 Å². The summed E-state index contributed by atoms with van der Waals surface area (Å²) in [6.07, 6.45) is 0. The molecule has 0 saturated heterocycles. The second-order valence-electron chi connectivity index (χ2n) is 4.81. The molecule has 0 amide bonds. The van der Waals surface area contributed by atoms with Crippen molar-refractivity contribution in [2.45, 2.75) is 19.3 Å². The van der Waals surface area contributed by atoms with Gasteiger partial charge < -0.3 is 15.4 Å². The van der Waals surface area contributed by atoms with Crippen molar-refractivity contribution in [3.05, 3.63) is 29.3 Å². The van der Waals surface area contributed by atoms with Crippen LogP contribution in [0.15, 0.2) is 12.1 Å². The fraction of sp³-hybridized carbons (Fsp3) is 0.538. The van der Waals surface area contributed by atoms with Gasteiger partial charge in [-0.1, -0.05) is 13.8 Å². The molecule has 0 aromatic heterocycles. The lowest BCUT2D eigenvalue weighted by Gasteiger charge is -2.26. The van der Waals surface area contributed by atoms with Crippen LogP contribution in [0.2, 0.25) is 0 Å². The molecule has 1 aromatic carbocycles. The van der Waals surface area contributed by atoms with Crippen LogP contribution in [0.5, 0.6) is 5.75 Å². The Hall–Kier alpha value is -1.20. The van der Waals surface area contributed by atoms with E-state index in [1.165, 1.54) is 13.2 Å². The number of benzene rings is 1. The first-order valence-electron chi connectivity index (χ1n) is 5.81. The molecular weight excluding hydrogens is 238 g/mol. The maximum Gasteiger partial charge on any atom is 0.165 e. The first kappa shape index (κ1) is 14.9. The first-order valence-corrected chi connectivity index (χ1v) is 5.81. The molecule has 3 nitrogen and oxygen atoms in total. The summed E-state index contributed by atoms with van der Waals surface area (Å²) < 4.78 is 32.3. The maximum absolute atomic E-state index is 13.9. The molecule has 5 heteroatoms. The molecular formula is C13H20F2N2O. The molecule has 0 aliphatic heterocycles. The lowest BCUT2D eigenvalue weighted by molar-refractivity contribution is 0.376. The number of rotatable bonds is 6. The van der Waals surface area contributed by atoms with Gasteiger partial charge in [-0.05, 0) is 18.7 Å². The van der Waals surface area contributed by atoms with Crippen molar-refractivity contribution in [2.75, 3.05) is 27.4 Å². The largest absolute Gasteiger partial charge is 0.494 e. The zero-order chi connectivity index (χ0) is 13.8. The van der Waals surface area contributed by atoms with Gasteiger partial charge >= 0.3 is 0 Å². The van der Waals surface area contributed by atoms with Gasteiger partial charge in [-0.25, -0.2) is 8.78 Å². The lowest BCUT2D eigenvalue weighted by Crippen LogP contribution is -2.37. The maximum atomic E-state index is 13.9. The van der Waals surface area contributed by atoms with E-state index in [9.17, 15) is 8.78 Å². The van der Waals surface area contributed by atoms with Crippen LogP contribution in [-0.2, 0) is 5.41 Å². The molecule has 1 aromatic rings. The summed E-state index contributed by atoms with van der Waals surface area (Å²) in [4.78, 5) is 0. The number of hydrogen-bond donors (Lipinski definition) is 2. The highest BCUT2D eigenvalue weighted by Gasteiger charge is 2.25. The minimum atomic E-state index is -0.546. The minimum absolute atomic E-state index is 0.0739. The molecule has 0 spiro atoms. The van der Waals surface area contributed by atoms with Crippen LogP contribution in [0.1, 0.15) is 19.4 Å². The summed E-state index contributed by atoms with van der Waals surface area (Å²) in [7, 11) is 3.13. The van der Waals surface area contributed by atoms with E-state index in [4.69, 9.17) is 4.74 Å². The second-order valence-corrected chi connectivity index (χ2v) is 4.81. The van der Waals surface area contributed by atoms with Crippen molar-refractivity contribution < 1.29 is 13.5 Å². The Morgan fingerprint density at radius 3 is 2.44 bits per heavy atom. The number of hydrogen-bond acceptors (Lipinski definition) is 3. The van der Waals surface area contributed by atoms with Gasteiger partial charge in [0.1, 0.15) is 5.82 Å². The molecule has 0 heterocycles. The molecule has 0 atom stereocenters. The van der Waals surface area contributed by atoms with Crippen molar-refractivity contribution >= 4 is 0 Å². The van der Waals surface area contributed by atoms with Crippen molar-refractivity contribution in [1.82, 2.24) is 10.6 Å². The van der Waals surface area contributed by atoms with Gasteiger partial charge in [0, 0.05) is 24.7 Å². The molecule has 0 saturated carbocycles. The van der Waals surface area contributed by atoms with Crippen molar-refractivity contribution in [3.63, 3.8) is 0 Å².